The fourth-order valence-electron chi connectivity index (χ4n) is 3.64. The van der Waals surface area contributed by atoms with Crippen molar-refractivity contribution < 1.29 is 9.21 Å². The summed E-state index contributed by atoms with van der Waals surface area (Å²) in [6.07, 6.45) is 4.11. The minimum absolute atomic E-state index is 0.120. The van der Waals surface area contributed by atoms with Gasteiger partial charge in [-0.05, 0) is 69.1 Å². The van der Waals surface area contributed by atoms with Gasteiger partial charge in [-0.25, -0.2) is 4.68 Å². The van der Waals surface area contributed by atoms with E-state index in [4.69, 9.17) is 4.42 Å². The minimum atomic E-state index is -0.120. The third-order valence-electron chi connectivity index (χ3n) is 5.22. The van der Waals surface area contributed by atoms with Gasteiger partial charge in [0.25, 0.3) is 5.91 Å². The number of benzene rings is 1. The van der Waals surface area contributed by atoms with Crippen molar-refractivity contribution in [2.45, 2.75) is 26.7 Å². The molecule has 0 unspecified atom stereocenters. The van der Waals surface area contributed by atoms with Gasteiger partial charge in [0, 0.05) is 19.2 Å². The number of carbonyl (C=O) groups is 1. The average molecular weight is 378 g/mol. The summed E-state index contributed by atoms with van der Waals surface area (Å²) in [7, 11) is 0. The predicted octanol–water partition coefficient (Wildman–Crippen LogP) is 3.57. The SMILES string of the molecule is Cc1ccc(C)c(-n2nc(-c3ccco3)cc2C(=O)NCCN2CCCC2)c1. The minimum Gasteiger partial charge on any atom is -0.463 e. The van der Waals surface area contributed by atoms with E-state index in [0.29, 0.717) is 23.7 Å². The molecule has 2 aromatic heterocycles. The van der Waals surface area contributed by atoms with Crippen molar-refractivity contribution >= 4 is 5.91 Å². The highest BCUT2D eigenvalue weighted by Crippen LogP contribution is 2.24. The maximum absolute atomic E-state index is 13.0. The first kappa shape index (κ1) is 18.5. The van der Waals surface area contributed by atoms with Crippen molar-refractivity contribution in [2.24, 2.45) is 0 Å². The Morgan fingerprint density at radius 3 is 2.75 bits per heavy atom. The third-order valence-corrected chi connectivity index (χ3v) is 5.22. The molecule has 3 heterocycles. The molecule has 0 bridgehead atoms. The molecule has 6 heteroatoms. The Morgan fingerprint density at radius 1 is 1.18 bits per heavy atom. The van der Waals surface area contributed by atoms with Crippen molar-refractivity contribution in [3.8, 4) is 17.1 Å². The molecule has 0 atom stereocenters. The van der Waals surface area contributed by atoms with Crippen LogP contribution in [-0.2, 0) is 0 Å². The molecule has 6 nitrogen and oxygen atoms in total. The second-order valence-electron chi connectivity index (χ2n) is 7.40. The molecular formula is C22H26N4O2. The number of nitrogens with zero attached hydrogens (tertiary/aromatic N) is 3. The van der Waals surface area contributed by atoms with Gasteiger partial charge in [0.05, 0.1) is 12.0 Å². The van der Waals surface area contributed by atoms with E-state index in [2.05, 4.69) is 27.4 Å². The number of rotatable bonds is 6. The first-order valence-corrected chi connectivity index (χ1v) is 9.84. The van der Waals surface area contributed by atoms with E-state index in [1.807, 2.05) is 32.0 Å². The highest BCUT2D eigenvalue weighted by atomic mass is 16.3. The highest BCUT2D eigenvalue weighted by Gasteiger charge is 2.20. The fraction of sp³-hybridized carbons (Fsp3) is 0.364. The van der Waals surface area contributed by atoms with E-state index >= 15 is 0 Å². The van der Waals surface area contributed by atoms with Crippen LogP contribution in [0.3, 0.4) is 0 Å². The molecule has 0 saturated carbocycles. The van der Waals surface area contributed by atoms with E-state index < -0.39 is 0 Å². The summed E-state index contributed by atoms with van der Waals surface area (Å²) in [5, 5.41) is 7.74. The predicted molar refractivity (Wildman–Crippen MR) is 109 cm³/mol. The number of aryl methyl sites for hydroxylation is 2. The normalized spacial score (nSPS) is 14.5. The monoisotopic (exact) mass is 378 g/mol. The van der Waals surface area contributed by atoms with Crippen LogP contribution in [0.15, 0.2) is 47.1 Å². The number of hydrogen-bond acceptors (Lipinski definition) is 4. The van der Waals surface area contributed by atoms with E-state index in [0.717, 1.165) is 36.4 Å². The van der Waals surface area contributed by atoms with E-state index in [1.165, 1.54) is 12.8 Å². The van der Waals surface area contributed by atoms with Gasteiger partial charge in [-0.1, -0.05) is 12.1 Å². The summed E-state index contributed by atoms with van der Waals surface area (Å²) in [6, 6.07) is 11.6. The molecule has 146 valence electrons. The zero-order chi connectivity index (χ0) is 19.5. The molecule has 1 aromatic carbocycles. The fourth-order valence-corrected chi connectivity index (χ4v) is 3.64. The van der Waals surface area contributed by atoms with Gasteiger partial charge in [0.15, 0.2) is 5.76 Å². The van der Waals surface area contributed by atoms with Crippen LogP contribution >= 0.6 is 0 Å². The van der Waals surface area contributed by atoms with Crippen LogP contribution in [0.5, 0.6) is 0 Å². The van der Waals surface area contributed by atoms with Gasteiger partial charge in [0.1, 0.15) is 11.4 Å². The number of likely N-dealkylation sites (tertiary alicyclic amines) is 1. The Bertz CT molecular complexity index is 953. The van der Waals surface area contributed by atoms with E-state index in [9.17, 15) is 4.79 Å². The molecule has 1 N–H and O–H groups in total. The van der Waals surface area contributed by atoms with Crippen molar-refractivity contribution in [1.82, 2.24) is 20.0 Å². The standard InChI is InChI=1S/C22H26N4O2/c1-16-7-8-17(2)19(14-16)26-20(15-18(24-26)21-6-5-13-28-21)22(27)23-9-12-25-10-3-4-11-25/h5-8,13-15H,3-4,9-12H2,1-2H3,(H,23,27). The van der Waals surface area contributed by atoms with Crippen molar-refractivity contribution in [3.05, 3.63) is 59.5 Å². The number of hydrogen-bond donors (Lipinski definition) is 1. The van der Waals surface area contributed by atoms with Gasteiger partial charge in [-0.3, -0.25) is 4.79 Å². The first-order valence-electron chi connectivity index (χ1n) is 9.84. The lowest BCUT2D eigenvalue weighted by Gasteiger charge is -2.15. The Labute approximate surface area is 165 Å². The molecular weight excluding hydrogens is 352 g/mol. The van der Waals surface area contributed by atoms with Crippen LogP contribution in [0.2, 0.25) is 0 Å². The summed E-state index contributed by atoms with van der Waals surface area (Å²) in [5.74, 6) is 0.528. The maximum Gasteiger partial charge on any atom is 0.270 e. The largest absolute Gasteiger partial charge is 0.463 e. The average Bonchev–Trinajstić information content (AvgIpc) is 3.44. The Kier molecular flexibility index (Phi) is 5.30. The van der Waals surface area contributed by atoms with Crippen LogP contribution in [0.25, 0.3) is 17.1 Å². The van der Waals surface area contributed by atoms with Crippen molar-refractivity contribution in [3.63, 3.8) is 0 Å². The number of furan rings is 1. The Balaban J connectivity index is 1.62. The second kappa shape index (κ2) is 8.02. The number of amides is 1. The number of aromatic nitrogens is 2. The molecule has 1 amide bonds. The van der Waals surface area contributed by atoms with Gasteiger partial charge in [-0.2, -0.15) is 5.10 Å². The zero-order valence-corrected chi connectivity index (χ0v) is 16.4. The topological polar surface area (TPSA) is 63.3 Å². The smallest absolute Gasteiger partial charge is 0.270 e. The quantitative estimate of drug-likeness (QED) is 0.712. The Hall–Kier alpha value is -2.86. The maximum atomic E-state index is 13.0. The second-order valence-corrected chi connectivity index (χ2v) is 7.40. The summed E-state index contributed by atoms with van der Waals surface area (Å²) >= 11 is 0. The van der Waals surface area contributed by atoms with Gasteiger partial charge in [-0.15, -0.1) is 0 Å². The molecule has 0 aliphatic carbocycles. The van der Waals surface area contributed by atoms with Crippen LogP contribution in [-0.4, -0.2) is 46.8 Å². The van der Waals surface area contributed by atoms with Crippen molar-refractivity contribution in [1.29, 1.82) is 0 Å². The summed E-state index contributed by atoms with van der Waals surface area (Å²) in [6.45, 7) is 7.83. The molecule has 1 aliphatic heterocycles. The molecule has 28 heavy (non-hydrogen) atoms. The lowest BCUT2D eigenvalue weighted by atomic mass is 10.1. The molecule has 0 radical (unpaired) electrons. The number of carbonyl (C=O) groups excluding carboxylic acids is 1. The lowest BCUT2D eigenvalue weighted by molar-refractivity contribution is 0.0942. The Morgan fingerprint density at radius 2 is 2.00 bits per heavy atom. The lowest BCUT2D eigenvalue weighted by Crippen LogP contribution is -2.34. The van der Waals surface area contributed by atoms with Crippen molar-refractivity contribution in [2.75, 3.05) is 26.2 Å². The summed E-state index contributed by atoms with van der Waals surface area (Å²) in [4.78, 5) is 15.4. The first-order chi connectivity index (χ1) is 13.6. The van der Waals surface area contributed by atoms with Crippen LogP contribution in [0, 0.1) is 13.8 Å². The summed E-state index contributed by atoms with van der Waals surface area (Å²) < 4.78 is 7.22. The van der Waals surface area contributed by atoms with E-state index in [1.54, 1.807) is 17.0 Å². The molecule has 4 rings (SSSR count). The van der Waals surface area contributed by atoms with E-state index in [-0.39, 0.29) is 5.91 Å². The zero-order valence-electron chi connectivity index (χ0n) is 16.4. The van der Waals surface area contributed by atoms with Gasteiger partial charge >= 0.3 is 0 Å². The van der Waals surface area contributed by atoms with Crippen LogP contribution < -0.4 is 5.32 Å². The highest BCUT2D eigenvalue weighted by molar-refractivity contribution is 5.94. The molecule has 3 aromatic rings. The third kappa shape index (κ3) is 3.87. The molecule has 1 aliphatic rings. The molecule has 1 fully saturated rings. The molecule has 0 spiro atoms. The summed E-state index contributed by atoms with van der Waals surface area (Å²) in [5.41, 5.74) is 4.25. The number of nitrogens with one attached hydrogen (secondary N) is 1. The van der Waals surface area contributed by atoms with Crippen LogP contribution in [0.1, 0.15) is 34.5 Å². The molecule has 1 saturated heterocycles. The van der Waals surface area contributed by atoms with Gasteiger partial charge in [0.2, 0.25) is 0 Å². The van der Waals surface area contributed by atoms with Crippen LogP contribution in [0.4, 0.5) is 0 Å². The van der Waals surface area contributed by atoms with Gasteiger partial charge < -0.3 is 14.6 Å².